The van der Waals surface area contributed by atoms with Crippen molar-refractivity contribution in [1.82, 2.24) is 10.2 Å². The van der Waals surface area contributed by atoms with E-state index in [4.69, 9.17) is 20.8 Å². The van der Waals surface area contributed by atoms with Crippen molar-refractivity contribution in [1.29, 1.82) is 0 Å². The molecule has 0 atom stereocenters. The van der Waals surface area contributed by atoms with Crippen LogP contribution in [-0.4, -0.2) is 34.4 Å². The fourth-order valence-corrected chi connectivity index (χ4v) is 3.44. The van der Waals surface area contributed by atoms with Crippen molar-refractivity contribution < 1.29 is 18.7 Å². The number of hydrogen-bond acceptors (Lipinski definition) is 7. The van der Waals surface area contributed by atoms with E-state index in [1.54, 1.807) is 30.3 Å². The topological polar surface area (TPSA) is 94.3 Å². The summed E-state index contributed by atoms with van der Waals surface area (Å²) in [5, 5.41) is 13.5. The van der Waals surface area contributed by atoms with Crippen molar-refractivity contribution in [3.8, 4) is 11.5 Å². The van der Waals surface area contributed by atoms with E-state index in [2.05, 4.69) is 15.5 Å². The number of carbonyl (C=O) groups is 2. The number of anilines is 1. The Morgan fingerprint density at radius 2 is 1.77 bits per heavy atom. The zero-order chi connectivity index (χ0) is 21.6. The lowest BCUT2D eigenvalue weighted by atomic mass is 10.1. The molecule has 0 fully saturated rings. The summed E-state index contributed by atoms with van der Waals surface area (Å²) in [5.74, 6) is -0.727. The number of fused-ring (bicyclic) bond motifs is 1. The molecule has 0 radical (unpaired) electrons. The fourth-order valence-electron chi connectivity index (χ4n) is 2.75. The predicted molar refractivity (Wildman–Crippen MR) is 119 cm³/mol. The van der Waals surface area contributed by atoms with Crippen LogP contribution in [0.1, 0.15) is 0 Å². The quantitative estimate of drug-likeness (QED) is 0.316. The second-order valence-electron chi connectivity index (χ2n) is 6.44. The highest BCUT2D eigenvalue weighted by atomic mass is 35.5. The van der Waals surface area contributed by atoms with E-state index in [1.165, 1.54) is 0 Å². The van der Waals surface area contributed by atoms with Gasteiger partial charge in [0, 0.05) is 16.3 Å². The van der Waals surface area contributed by atoms with E-state index in [-0.39, 0.29) is 17.6 Å². The van der Waals surface area contributed by atoms with Gasteiger partial charge in [-0.3, -0.25) is 9.59 Å². The number of halogens is 1. The first kappa shape index (κ1) is 20.9. The second kappa shape index (κ2) is 9.63. The number of hydrogen-bond donors (Lipinski definition) is 1. The minimum atomic E-state index is -0.565. The molecule has 0 unspecified atom stereocenters. The maximum absolute atomic E-state index is 12.1. The zero-order valence-electron chi connectivity index (χ0n) is 16.1. The van der Waals surface area contributed by atoms with Crippen molar-refractivity contribution in [2.75, 3.05) is 17.7 Å². The third-order valence-electron chi connectivity index (χ3n) is 4.21. The maximum atomic E-state index is 12.1. The van der Waals surface area contributed by atoms with E-state index in [0.717, 1.165) is 28.1 Å². The highest BCUT2D eigenvalue weighted by Gasteiger charge is 2.13. The maximum Gasteiger partial charge on any atom is 0.316 e. The Balaban J connectivity index is 1.23. The number of carbonyl (C=O) groups excluding carboxylic acids is 2. The van der Waals surface area contributed by atoms with E-state index in [1.807, 2.05) is 36.4 Å². The van der Waals surface area contributed by atoms with Crippen molar-refractivity contribution in [2.24, 2.45) is 0 Å². The highest BCUT2D eigenvalue weighted by molar-refractivity contribution is 7.99. The molecule has 0 saturated heterocycles. The number of nitrogens with zero attached hydrogens (tertiary/aromatic N) is 2. The molecule has 0 aliphatic carbocycles. The van der Waals surface area contributed by atoms with Gasteiger partial charge >= 0.3 is 5.97 Å². The molecular formula is C22H16ClN3O4S. The van der Waals surface area contributed by atoms with Crippen molar-refractivity contribution in [3.63, 3.8) is 0 Å². The average molecular weight is 454 g/mol. The van der Waals surface area contributed by atoms with Crippen LogP contribution in [-0.2, 0) is 14.3 Å². The van der Waals surface area contributed by atoms with E-state index >= 15 is 0 Å². The molecule has 3 aromatic carbocycles. The largest absolute Gasteiger partial charge is 0.455 e. The molecule has 156 valence electrons. The molecular weight excluding hydrogens is 438 g/mol. The van der Waals surface area contributed by atoms with Gasteiger partial charge in [0.25, 0.3) is 11.1 Å². The Labute approximate surface area is 186 Å². The van der Waals surface area contributed by atoms with Crippen LogP contribution in [0.25, 0.3) is 22.2 Å². The molecule has 0 saturated carbocycles. The SMILES string of the molecule is O=C(COC(=O)CSc1nnc(-c2ccc(Cl)cc2)o1)Nc1ccc2ccccc2c1. The molecule has 0 aliphatic rings. The Morgan fingerprint density at radius 1 is 1.00 bits per heavy atom. The minimum Gasteiger partial charge on any atom is -0.455 e. The molecule has 31 heavy (non-hydrogen) atoms. The van der Waals surface area contributed by atoms with Crippen molar-refractivity contribution in [3.05, 3.63) is 71.8 Å². The van der Waals surface area contributed by atoms with Gasteiger partial charge in [-0.2, -0.15) is 0 Å². The van der Waals surface area contributed by atoms with Gasteiger partial charge in [-0.25, -0.2) is 0 Å². The van der Waals surface area contributed by atoms with Gasteiger partial charge in [-0.05, 0) is 47.2 Å². The molecule has 1 heterocycles. The molecule has 4 rings (SSSR count). The normalized spacial score (nSPS) is 10.7. The molecule has 7 nitrogen and oxygen atoms in total. The van der Waals surface area contributed by atoms with Gasteiger partial charge in [0.05, 0.1) is 0 Å². The third-order valence-corrected chi connectivity index (χ3v) is 5.25. The number of esters is 1. The van der Waals surface area contributed by atoms with Gasteiger partial charge in [-0.1, -0.05) is 53.7 Å². The summed E-state index contributed by atoms with van der Waals surface area (Å²) in [4.78, 5) is 24.0. The molecule has 0 bridgehead atoms. The van der Waals surface area contributed by atoms with Gasteiger partial charge in [0.15, 0.2) is 6.61 Å². The molecule has 0 spiro atoms. The van der Waals surface area contributed by atoms with E-state index in [0.29, 0.717) is 16.6 Å². The van der Waals surface area contributed by atoms with Gasteiger partial charge in [-0.15, -0.1) is 10.2 Å². The summed E-state index contributed by atoms with van der Waals surface area (Å²) < 4.78 is 10.5. The summed E-state index contributed by atoms with van der Waals surface area (Å²) in [5.41, 5.74) is 1.35. The van der Waals surface area contributed by atoms with Gasteiger partial charge in [0.2, 0.25) is 5.89 Å². The number of amides is 1. The van der Waals surface area contributed by atoms with E-state index < -0.39 is 11.9 Å². The lowest BCUT2D eigenvalue weighted by Gasteiger charge is -2.07. The van der Waals surface area contributed by atoms with Crippen molar-refractivity contribution in [2.45, 2.75) is 5.22 Å². The van der Waals surface area contributed by atoms with Crippen LogP contribution < -0.4 is 5.32 Å². The van der Waals surface area contributed by atoms with Crippen LogP contribution in [0.2, 0.25) is 5.02 Å². The molecule has 1 N–H and O–H groups in total. The Bertz CT molecular complexity index is 1230. The summed E-state index contributed by atoms with van der Waals surface area (Å²) in [7, 11) is 0. The molecule has 9 heteroatoms. The Morgan fingerprint density at radius 3 is 2.58 bits per heavy atom. The Hall–Kier alpha value is -3.36. The standard InChI is InChI=1S/C22H16ClN3O4S/c23-17-8-5-15(6-9-17)21-25-26-22(30-21)31-13-20(28)29-12-19(27)24-18-10-7-14-3-1-2-4-16(14)11-18/h1-11H,12-13H2,(H,24,27). The number of rotatable bonds is 7. The van der Waals surface area contributed by atoms with E-state index in [9.17, 15) is 9.59 Å². The molecule has 4 aromatic rings. The smallest absolute Gasteiger partial charge is 0.316 e. The lowest BCUT2D eigenvalue weighted by Crippen LogP contribution is -2.21. The monoisotopic (exact) mass is 453 g/mol. The van der Waals surface area contributed by atoms with Crippen molar-refractivity contribution >= 4 is 51.7 Å². The average Bonchev–Trinajstić information content (AvgIpc) is 3.26. The highest BCUT2D eigenvalue weighted by Crippen LogP contribution is 2.24. The molecule has 1 aromatic heterocycles. The first-order chi connectivity index (χ1) is 15.1. The van der Waals surface area contributed by atoms with Gasteiger partial charge < -0.3 is 14.5 Å². The summed E-state index contributed by atoms with van der Waals surface area (Å²) in [6.45, 7) is -0.383. The number of benzene rings is 3. The van der Waals surface area contributed by atoms with Crippen LogP contribution in [0.15, 0.2) is 76.4 Å². The first-order valence-corrected chi connectivity index (χ1v) is 10.6. The van der Waals surface area contributed by atoms with Crippen LogP contribution in [0, 0.1) is 0 Å². The predicted octanol–water partition coefficient (Wildman–Crippen LogP) is 4.82. The first-order valence-electron chi connectivity index (χ1n) is 9.23. The van der Waals surface area contributed by atoms with Gasteiger partial charge in [0.1, 0.15) is 5.75 Å². The number of thioether (sulfide) groups is 1. The lowest BCUT2D eigenvalue weighted by molar-refractivity contribution is -0.144. The summed E-state index contributed by atoms with van der Waals surface area (Å²) in [6, 6.07) is 20.3. The fraction of sp³-hybridized carbons (Fsp3) is 0.0909. The number of aromatic nitrogens is 2. The van der Waals surface area contributed by atoms with Crippen LogP contribution in [0.5, 0.6) is 0 Å². The molecule has 0 aliphatic heterocycles. The second-order valence-corrected chi connectivity index (χ2v) is 7.80. The molecule has 1 amide bonds. The Kier molecular flexibility index (Phi) is 6.49. The summed E-state index contributed by atoms with van der Waals surface area (Å²) >= 11 is 6.89. The zero-order valence-corrected chi connectivity index (χ0v) is 17.7. The summed E-state index contributed by atoms with van der Waals surface area (Å²) in [6.07, 6.45) is 0. The number of ether oxygens (including phenoxy) is 1. The van der Waals surface area contributed by atoms with Crippen LogP contribution >= 0.6 is 23.4 Å². The number of nitrogens with one attached hydrogen (secondary N) is 1. The minimum absolute atomic E-state index is 0.0640. The van der Waals surface area contributed by atoms with Crippen LogP contribution in [0.4, 0.5) is 5.69 Å². The van der Waals surface area contributed by atoms with Crippen LogP contribution in [0.3, 0.4) is 0 Å². The third kappa shape index (κ3) is 5.62.